The van der Waals surface area contributed by atoms with Crippen molar-refractivity contribution in [3.63, 3.8) is 0 Å². The average molecular weight is 209 g/mol. The SMILES string of the molecule is N#CCc1nc2cc(Cl)ccc2s1. The van der Waals surface area contributed by atoms with Crippen LogP contribution in [0.15, 0.2) is 18.2 Å². The summed E-state index contributed by atoms with van der Waals surface area (Å²) in [5.74, 6) is 0. The molecule has 2 rings (SSSR count). The van der Waals surface area contributed by atoms with Crippen LogP contribution >= 0.6 is 22.9 Å². The van der Waals surface area contributed by atoms with E-state index in [0.29, 0.717) is 11.4 Å². The predicted molar refractivity (Wildman–Crippen MR) is 53.9 cm³/mol. The van der Waals surface area contributed by atoms with Gasteiger partial charge in [0.2, 0.25) is 0 Å². The minimum atomic E-state index is 0.372. The van der Waals surface area contributed by atoms with Gasteiger partial charge in [-0.2, -0.15) is 5.26 Å². The summed E-state index contributed by atoms with van der Waals surface area (Å²) in [7, 11) is 0. The Hall–Kier alpha value is -1.11. The molecule has 0 radical (unpaired) electrons. The molecule has 0 fully saturated rings. The molecule has 1 heterocycles. The third kappa shape index (κ3) is 1.64. The Balaban J connectivity index is 2.57. The molecule has 13 heavy (non-hydrogen) atoms. The van der Waals surface area contributed by atoms with Crippen LogP contribution in [-0.4, -0.2) is 4.98 Å². The molecule has 1 aromatic heterocycles. The van der Waals surface area contributed by atoms with E-state index in [1.807, 2.05) is 18.2 Å². The Morgan fingerprint density at radius 2 is 2.38 bits per heavy atom. The minimum absolute atomic E-state index is 0.372. The summed E-state index contributed by atoms with van der Waals surface area (Å²) >= 11 is 7.34. The lowest BCUT2D eigenvalue weighted by Crippen LogP contribution is -1.76. The van der Waals surface area contributed by atoms with E-state index in [0.717, 1.165) is 15.2 Å². The van der Waals surface area contributed by atoms with Gasteiger partial charge >= 0.3 is 0 Å². The Labute approximate surface area is 84.4 Å². The van der Waals surface area contributed by atoms with Crippen molar-refractivity contribution in [3.05, 3.63) is 28.2 Å². The maximum atomic E-state index is 8.49. The number of nitriles is 1. The van der Waals surface area contributed by atoms with Crippen molar-refractivity contribution in [3.8, 4) is 6.07 Å². The molecule has 0 spiro atoms. The van der Waals surface area contributed by atoms with Crippen molar-refractivity contribution in [1.29, 1.82) is 5.26 Å². The largest absolute Gasteiger partial charge is 0.240 e. The normalized spacial score (nSPS) is 10.2. The maximum Gasteiger partial charge on any atom is 0.108 e. The van der Waals surface area contributed by atoms with E-state index in [1.54, 1.807) is 0 Å². The number of nitrogens with zero attached hydrogens (tertiary/aromatic N) is 2. The van der Waals surface area contributed by atoms with E-state index in [4.69, 9.17) is 16.9 Å². The molecule has 0 saturated heterocycles. The minimum Gasteiger partial charge on any atom is -0.240 e. The van der Waals surface area contributed by atoms with Gasteiger partial charge in [-0.3, -0.25) is 0 Å². The zero-order valence-corrected chi connectivity index (χ0v) is 8.19. The van der Waals surface area contributed by atoms with Crippen LogP contribution in [-0.2, 0) is 6.42 Å². The van der Waals surface area contributed by atoms with Gasteiger partial charge < -0.3 is 0 Å². The van der Waals surface area contributed by atoms with Crippen LogP contribution in [0.25, 0.3) is 10.2 Å². The Bertz CT molecular complexity index is 484. The summed E-state index contributed by atoms with van der Waals surface area (Å²) in [5.41, 5.74) is 0.878. The molecule has 64 valence electrons. The van der Waals surface area contributed by atoms with Crippen LogP contribution in [0.2, 0.25) is 5.02 Å². The Morgan fingerprint density at radius 1 is 1.54 bits per heavy atom. The molecule has 1 aromatic carbocycles. The molecular formula is C9H5ClN2S. The molecule has 2 aromatic rings. The molecule has 2 nitrogen and oxygen atoms in total. The summed E-state index contributed by atoms with van der Waals surface area (Å²) in [5, 5.41) is 10.0. The number of halogens is 1. The number of rotatable bonds is 1. The highest BCUT2D eigenvalue weighted by Crippen LogP contribution is 2.24. The highest BCUT2D eigenvalue weighted by atomic mass is 35.5. The molecule has 0 aliphatic rings. The van der Waals surface area contributed by atoms with Gasteiger partial charge in [-0.25, -0.2) is 4.98 Å². The van der Waals surface area contributed by atoms with E-state index in [-0.39, 0.29) is 0 Å². The van der Waals surface area contributed by atoms with Crippen LogP contribution < -0.4 is 0 Å². The molecular weight excluding hydrogens is 204 g/mol. The van der Waals surface area contributed by atoms with Crippen molar-refractivity contribution in [2.24, 2.45) is 0 Å². The zero-order chi connectivity index (χ0) is 9.26. The van der Waals surface area contributed by atoms with Crippen LogP contribution in [0.5, 0.6) is 0 Å². The fourth-order valence-electron chi connectivity index (χ4n) is 1.09. The molecule has 0 bridgehead atoms. The standard InChI is InChI=1S/C9H5ClN2S/c10-6-1-2-8-7(5-6)12-9(13-8)3-4-11/h1-2,5H,3H2. The molecule has 0 amide bonds. The lowest BCUT2D eigenvalue weighted by molar-refractivity contribution is 1.21. The van der Waals surface area contributed by atoms with Crippen LogP contribution in [0.3, 0.4) is 0 Å². The van der Waals surface area contributed by atoms with Gasteiger partial charge in [0.1, 0.15) is 5.01 Å². The molecule has 0 unspecified atom stereocenters. The van der Waals surface area contributed by atoms with Crippen molar-refractivity contribution >= 4 is 33.2 Å². The van der Waals surface area contributed by atoms with Gasteiger partial charge in [0.05, 0.1) is 22.7 Å². The third-order valence-corrected chi connectivity index (χ3v) is 2.90. The monoisotopic (exact) mass is 208 g/mol. The predicted octanol–water partition coefficient (Wildman–Crippen LogP) is 3.02. The lowest BCUT2D eigenvalue weighted by Gasteiger charge is -1.86. The number of aromatic nitrogens is 1. The second-order valence-electron chi connectivity index (χ2n) is 2.55. The van der Waals surface area contributed by atoms with E-state index in [1.165, 1.54) is 11.3 Å². The lowest BCUT2D eigenvalue weighted by atomic mass is 10.3. The van der Waals surface area contributed by atoms with Crippen molar-refractivity contribution < 1.29 is 0 Å². The first-order valence-electron chi connectivity index (χ1n) is 3.71. The smallest absolute Gasteiger partial charge is 0.108 e. The number of benzene rings is 1. The zero-order valence-electron chi connectivity index (χ0n) is 6.62. The first kappa shape index (κ1) is 8.49. The van der Waals surface area contributed by atoms with Crippen LogP contribution in [0.1, 0.15) is 5.01 Å². The number of hydrogen-bond donors (Lipinski definition) is 0. The van der Waals surface area contributed by atoms with Crippen molar-refractivity contribution in [2.75, 3.05) is 0 Å². The topological polar surface area (TPSA) is 36.7 Å². The first-order chi connectivity index (χ1) is 6.29. The van der Waals surface area contributed by atoms with E-state index in [2.05, 4.69) is 11.1 Å². The molecule has 0 N–H and O–H groups in total. The number of thiazole rings is 1. The highest BCUT2D eigenvalue weighted by Gasteiger charge is 2.02. The summed E-state index contributed by atoms with van der Waals surface area (Å²) in [6.07, 6.45) is 0.372. The summed E-state index contributed by atoms with van der Waals surface area (Å²) < 4.78 is 1.08. The highest BCUT2D eigenvalue weighted by molar-refractivity contribution is 7.18. The summed E-state index contributed by atoms with van der Waals surface area (Å²) in [4.78, 5) is 4.27. The summed E-state index contributed by atoms with van der Waals surface area (Å²) in [6, 6.07) is 7.65. The fraction of sp³-hybridized carbons (Fsp3) is 0.111. The van der Waals surface area contributed by atoms with E-state index < -0.39 is 0 Å². The van der Waals surface area contributed by atoms with Gasteiger partial charge in [-0.1, -0.05) is 11.6 Å². The maximum absolute atomic E-state index is 8.49. The van der Waals surface area contributed by atoms with Gasteiger partial charge in [-0.15, -0.1) is 11.3 Å². The Kier molecular flexibility index (Phi) is 2.17. The third-order valence-electron chi connectivity index (χ3n) is 1.62. The second-order valence-corrected chi connectivity index (χ2v) is 4.11. The molecule has 4 heteroatoms. The van der Waals surface area contributed by atoms with Gasteiger partial charge in [-0.05, 0) is 18.2 Å². The quantitative estimate of drug-likeness (QED) is 0.723. The fourth-order valence-corrected chi connectivity index (χ4v) is 2.14. The molecule has 0 saturated carbocycles. The van der Waals surface area contributed by atoms with Crippen molar-refractivity contribution in [1.82, 2.24) is 4.98 Å². The summed E-state index contributed by atoms with van der Waals surface area (Å²) in [6.45, 7) is 0. The number of fused-ring (bicyclic) bond motifs is 1. The van der Waals surface area contributed by atoms with E-state index in [9.17, 15) is 0 Å². The Morgan fingerprint density at radius 3 is 3.15 bits per heavy atom. The van der Waals surface area contributed by atoms with E-state index >= 15 is 0 Å². The molecule has 0 aliphatic carbocycles. The first-order valence-corrected chi connectivity index (χ1v) is 4.91. The van der Waals surface area contributed by atoms with Crippen LogP contribution in [0.4, 0.5) is 0 Å². The van der Waals surface area contributed by atoms with Crippen molar-refractivity contribution in [2.45, 2.75) is 6.42 Å². The van der Waals surface area contributed by atoms with Gasteiger partial charge in [0.25, 0.3) is 0 Å². The number of hydrogen-bond acceptors (Lipinski definition) is 3. The van der Waals surface area contributed by atoms with Crippen LogP contribution in [0, 0.1) is 11.3 Å². The second kappa shape index (κ2) is 3.33. The van der Waals surface area contributed by atoms with Gasteiger partial charge in [0.15, 0.2) is 0 Å². The average Bonchev–Trinajstić information content (AvgIpc) is 2.46. The molecule has 0 atom stereocenters. The van der Waals surface area contributed by atoms with Gasteiger partial charge in [0, 0.05) is 5.02 Å². The molecule has 0 aliphatic heterocycles.